The summed E-state index contributed by atoms with van der Waals surface area (Å²) in [5.74, 6) is 0. The quantitative estimate of drug-likeness (QED) is 0.621. The van der Waals surface area contributed by atoms with E-state index < -0.39 is 0 Å². The van der Waals surface area contributed by atoms with Crippen LogP contribution in [0.2, 0.25) is 0 Å². The SMILES string of the molecule is CCCC(CCC)NCCCN1CCCCC1. The minimum absolute atomic E-state index is 0.770. The second-order valence-electron chi connectivity index (χ2n) is 5.48. The van der Waals surface area contributed by atoms with Crippen molar-refractivity contribution >= 4 is 0 Å². The number of nitrogens with one attached hydrogen (secondary N) is 1. The molecule has 0 radical (unpaired) electrons. The Kier molecular flexibility index (Phi) is 8.72. The van der Waals surface area contributed by atoms with Crippen molar-refractivity contribution in [3.05, 3.63) is 0 Å². The molecule has 1 fully saturated rings. The summed E-state index contributed by atoms with van der Waals surface area (Å²) < 4.78 is 0. The number of hydrogen-bond acceptors (Lipinski definition) is 2. The summed E-state index contributed by atoms with van der Waals surface area (Å²) in [6.45, 7) is 9.77. The molecule has 17 heavy (non-hydrogen) atoms. The van der Waals surface area contributed by atoms with E-state index in [0.717, 1.165) is 6.04 Å². The van der Waals surface area contributed by atoms with Gasteiger partial charge in [0.2, 0.25) is 0 Å². The fourth-order valence-corrected chi connectivity index (χ4v) is 2.84. The van der Waals surface area contributed by atoms with Gasteiger partial charge in [0.1, 0.15) is 0 Å². The van der Waals surface area contributed by atoms with Crippen LogP contribution in [0.15, 0.2) is 0 Å². The zero-order valence-corrected chi connectivity index (χ0v) is 12.0. The van der Waals surface area contributed by atoms with E-state index in [-0.39, 0.29) is 0 Å². The van der Waals surface area contributed by atoms with Crippen LogP contribution >= 0.6 is 0 Å². The van der Waals surface area contributed by atoms with E-state index in [4.69, 9.17) is 0 Å². The maximum absolute atomic E-state index is 3.73. The number of piperidine rings is 1. The average Bonchev–Trinajstić information content (AvgIpc) is 2.36. The maximum Gasteiger partial charge on any atom is 0.00668 e. The van der Waals surface area contributed by atoms with Crippen LogP contribution in [0.3, 0.4) is 0 Å². The second kappa shape index (κ2) is 9.90. The van der Waals surface area contributed by atoms with Crippen LogP contribution in [-0.4, -0.2) is 37.1 Å². The van der Waals surface area contributed by atoms with Gasteiger partial charge in [-0.05, 0) is 58.3 Å². The Labute approximate surface area is 108 Å². The minimum atomic E-state index is 0.770. The molecule has 1 saturated heterocycles. The lowest BCUT2D eigenvalue weighted by atomic mass is 10.1. The monoisotopic (exact) mass is 240 g/mol. The van der Waals surface area contributed by atoms with Crippen molar-refractivity contribution in [2.24, 2.45) is 0 Å². The van der Waals surface area contributed by atoms with Gasteiger partial charge in [-0.25, -0.2) is 0 Å². The summed E-state index contributed by atoms with van der Waals surface area (Å²) in [6.07, 6.45) is 10.9. The van der Waals surface area contributed by atoms with Crippen LogP contribution in [0.25, 0.3) is 0 Å². The zero-order valence-electron chi connectivity index (χ0n) is 12.0. The zero-order chi connectivity index (χ0) is 12.3. The minimum Gasteiger partial charge on any atom is -0.314 e. The van der Waals surface area contributed by atoms with Crippen molar-refractivity contribution in [1.82, 2.24) is 10.2 Å². The molecular weight excluding hydrogens is 208 g/mol. The van der Waals surface area contributed by atoms with Crippen molar-refractivity contribution in [3.8, 4) is 0 Å². The number of hydrogen-bond donors (Lipinski definition) is 1. The number of likely N-dealkylation sites (tertiary alicyclic amines) is 1. The third kappa shape index (κ3) is 7.05. The molecule has 0 aliphatic carbocycles. The van der Waals surface area contributed by atoms with Crippen molar-refractivity contribution in [3.63, 3.8) is 0 Å². The first-order chi connectivity index (χ1) is 8.36. The third-order valence-corrected chi connectivity index (χ3v) is 3.81. The highest BCUT2D eigenvalue weighted by Crippen LogP contribution is 2.09. The molecule has 0 saturated carbocycles. The van der Waals surface area contributed by atoms with Gasteiger partial charge in [0, 0.05) is 6.04 Å². The number of rotatable bonds is 9. The smallest absolute Gasteiger partial charge is 0.00668 e. The molecule has 2 heteroatoms. The molecule has 1 heterocycles. The van der Waals surface area contributed by atoms with Crippen LogP contribution in [0.4, 0.5) is 0 Å². The molecule has 0 aromatic carbocycles. The van der Waals surface area contributed by atoms with Gasteiger partial charge >= 0.3 is 0 Å². The highest BCUT2D eigenvalue weighted by molar-refractivity contribution is 4.68. The van der Waals surface area contributed by atoms with Crippen LogP contribution in [0.1, 0.15) is 65.2 Å². The largest absolute Gasteiger partial charge is 0.314 e. The fraction of sp³-hybridized carbons (Fsp3) is 1.00. The van der Waals surface area contributed by atoms with Crippen LogP contribution in [-0.2, 0) is 0 Å². The van der Waals surface area contributed by atoms with Crippen molar-refractivity contribution in [2.75, 3.05) is 26.2 Å². The molecule has 0 atom stereocenters. The summed E-state index contributed by atoms with van der Waals surface area (Å²) in [4.78, 5) is 2.64. The Morgan fingerprint density at radius 2 is 1.65 bits per heavy atom. The van der Waals surface area contributed by atoms with E-state index >= 15 is 0 Å². The lowest BCUT2D eigenvalue weighted by Gasteiger charge is -2.26. The molecule has 1 aliphatic rings. The molecule has 0 bridgehead atoms. The molecule has 102 valence electrons. The van der Waals surface area contributed by atoms with Crippen LogP contribution < -0.4 is 5.32 Å². The summed E-state index contributed by atoms with van der Waals surface area (Å²) in [5, 5.41) is 3.73. The predicted octanol–water partition coefficient (Wildman–Crippen LogP) is 3.42. The molecule has 0 amide bonds. The fourth-order valence-electron chi connectivity index (χ4n) is 2.84. The lowest BCUT2D eigenvalue weighted by Crippen LogP contribution is -2.34. The van der Waals surface area contributed by atoms with Gasteiger partial charge in [-0.15, -0.1) is 0 Å². The van der Waals surface area contributed by atoms with E-state index in [0.29, 0.717) is 0 Å². The standard InChI is InChI=1S/C15H32N2/c1-3-9-15(10-4-2)16-11-8-14-17-12-6-5-7-13-17/h15-16H,3-14H2,1-2H3. The van der Waals surface area contributed by atoms with E-state index in [1.165, 1.54) is 77.5 Å². The Morgan fingerprint density at radius 1 is 1.00 bits per heavy atom. The van der Waals surface area contributed by atoms with E-state index in [1.807, 2.05) is 0 Å². The molecule has 2 nitrogen and oxygen atoms in total. The van der Waals surface area contributed by atoms with E-state index in [9.17, 15) is 0 Å². The molecule has 0 aromatic heterocycles. The van der Waals surface area contributed by atoms with Crippen molar-refractivity contribution in [2.45, 2.75) is 71.3 Å². The van der Waals surface area contributed by atoms with Gasteiger partial charge in [0.15, 0.2) is 0 Å². The first-order valence-electron chi connectivity index (χ1n) is 7.82. The third-order valence-electron chi connectivity index (χ3n) is 3.81. The normalized spacial score (nSPS) is 17.8. The molecular formula is C15H32N2. The van der Waals surface area contributed by atoms with E-state index in [2.05, 4.69) is 24.1 Å². The van der Waals surface area contributed by atoms with E-state index in [1.54, 1.807) is 0 Å². The Morgan fingerprint density at radius 3 is 2.24 bits per heavy atom. The highest BCUT2D eigenvalue weighted by atomic mass is 15.1. The topological polar surface area (TPSA) is 15.3 Å². The van der Waals surface area contributed by atoms with Crippen LogP contribution in [0.5, 0.6) is 0 Å². The Bertz CT molecular complexity index is 158. The summed E-state index contributed by atoms with van der Waals surface area (Å²) in [5.41, 5.74) is 0. The molecule has 1 rings (SSSR count). The van der Waals surface area contributed by atoms with Gasteiger partial charge < -0.3 is 10.2 Å². The van der Waals surface area contributed by atoms with Gasteiger partial charge in [-0.1, -0.05) is 33.1 Å². The van der Waals surface area contributed by atoms with Gasteiger partial charge in [0.05, 0.1) is 0 Å². The van der Waals surface area contributed by atoms with Crippen molar-refractivity contribution < 1.29 is 0 Å². The molecule has 0 spiro atoms. The predicted molar refractivity (Wildman–Crippen MR) is 76.5 cm³/mol. The lowest BCUT2D eigenvalue weighted by molar-refractivity contribution is 0.224. The van der Waals surface area contributed by atoms with Gasteiger partial charge in [-0.2, -0.15) is 0 Å². The maximum atomic E-state index is 3.73. The van der Waals surface area contributed by atoms with Crippen molar-refractivity contribution in [1.29, 1.82) is 0 Å². The molecule has 1 N–H and O–H groups in total. The summed E-state index contributed by atoms with van der Waals surface area (Å²) in [6, 6.07) is 0.770. The van der Waals surface area contributed by atoms with Gasteiger partial charge in [0.25, 0.3) is 0 Å². The molecule has 0 aromatic rings. The summed E-state index contributed by atoms with van der Waals surface area (Å²) >= 11 is 0. The second-order valence-corrected chi connectivity index (χ2v) is 5.48. The highest BCUT2D eigenvalue weighted by Gasteiger charge is 2.09. The molecule has 1 aliphatic heterocycles. The Hall–Kier alpha value is -0.0800. The Balaban J connectivity index is 2.00. The first kappa shape index (κ1) is 15.0. The first-order valence-corrected chi connectivity index (χ1v) is 7.82. The average molecular weight is 240 g/mol. The molecule has 0 unspecified atom stereocenters. The summed E-state index contributed by atoms with van der Waals surface area (Å²) in [7, 11) is 0. The van der Waals surface area contributed by atoms with Crippen LogP contribution in [0, 0.1) is 0 Å². The number of nitrogens with zero attached hydrogens (tertiary/aromatic N) is 1. The van der Waals surface area contributed by atoms with Gasteiger partial charge in [-0.3, -0.25) is 0 Å².